The Labute approximate surface area is 119 Å². The van der Waals surface area contributed by atoms with Crippen molar-refractivity contribution in [1.82, 2.24) is 4.48 Å². The van der Waals surface area contributed by atoms with Crippen molar-refractivity contribution in [3.63, 3.8) is 0 Å². The summed E-state index contributed by atoms with van der Waals surface area (Å²) in [6.45, 7) is 7.18. The van der Waals surface area contributed by atoms with Gasteiger partial charge in [-0.2, -0.15) is 0 Å². The molecule has 2 aliphatic rings. The van der Waals surface area contributed by atoms with Crippen molar-refractivity contribution >= 4 is 18.2 Å². The van der Waals surface area contributed by atoms with Crippen LogP contribution in [0.15, 0.2) is 23.4 Å². The van der Waals surface area contributed by atoms with Crippen LogP contribution in [0.5, 0.6) is 0 Å². The number of hydrogen-bond donors (Lipinski definition) is 0. The van der Waals surface area contributed by atoms with Crippen LogP contribution in [0.3, 0.4) is 0 Å². The minimum atomic E-state index is -2.78. The predicted molar refractivity (Wildman–Crippen MR) is 80.5 cm³/mol. The molecule has 3 nitrogen and oxygen atoms in total. The summed E-state index contributed by atoms with van der Waals surface area (Å²) in [7, 11) is 1.44. The van der Waals surface area contributed by atoms with Crippen LogP contribution in [0.25, 0.3) is 5.57 Å². The van der Waals surface area contributed by atoms with Crippen LogP contribution < -0.4 is 0 Å². The molecule has 0 bridgehead atoms. The lowest BCUT2D eigenvalue weighted by Crippen LogP contribution is -2.56. The van der Waals surface area contributed by atoms with Gasteiger partial charge in [0.2, 0.25) is 0 Å². The summed E-state index contributed by atoms with van der Waals surface area (Å²) in [5, 5.41) is 0. The lowest BCUT2D eigenvalue weighted by atomic mass is 9.83. The van der Waals surface area contributed by atoms with Crippen LogP contribution in [-0.2, 0) is 4.65 Å². The maximum Gasteiger partial charge on any atom is 0.701 e. The highest BCUT2D eigenvalue weighted by Gasteiger charge is 2.54. The molecule has 0 aromatic carbocycles. The van der Waals surface area contributed by atoms with E-state index in [9.17, 15) is 0 Å². The molecule has 0 saturated heterocycles. The number of nitrogens with zero attached hydrogens (tertiary/aromatic N) is 2. The third-order valence-electron chi connectivity index (χ3n) is 4.49. The molecule has 1 atom stereocenters. The van der Waals surface area contributed by atoms with Crippen molar-refractivity contribution < 1.29 is 13.5 Å². The van der Waals surface area contributed by atoms with Crippen molar-refractivity contribution in [2.75, 3.05) is 7.11 Å². The molecule has 106 valence electrons. The first kappa shape index (κ1) is 13.4. The molecule has 3 heterocycles. The second-order valence-electron chi connectivity index (χ2n) is 5.85. The summed E-state index contributed by atoms with van der Waals surface area (Å²) < 4.78 is 24.6. The molecule has 0 radical (unpaired) electrons. The highest BCUT2D eigenvalue weighted by molar-refractivity contribution is 6.59. The molecule has 0 saturated carbocycles. The van der Waals surface area contributed by atoms with Gasteiger partial charge >= 0.3 is 6.90 Å². The van der Waals surface area contributed by atoms with E-state index in [2.05, 4.69) is 6.92 Å². The van der Waals surface area contributed by atoms with Gasteiger partial charge < -0.3 is 17.9 Å². The minimum absolute atomic E-state index is 0.887. The second-order valence-corrected chi connectivity index (χ2v) is 5.85. The van der Waals surface area contributed by atoms with Crippen LogP contribution in [0.1, 0.15) is 37.7 Å². The number of allylic oxidation sites excluding steroid dienone is 3. The van der Waals surface area contributed by atoms with Gasteiger partial charge in [-0.3, -0.25) is 0 Å². The van der Waals surface area contributed by atoms with Gasteiger partial charge in [-0.25, -0.2) is 0 Å². The predicted octanol–water partition coefficient (Wildman–Crippen LogP) is 3.18. The molecule has 0 fully saturated rings. The highest BCUT2D eigenvalue weighted by Crippen LogP contribution is 2.40. The Balaban J connectivity index is 2.47. The zero-order chi connectivity index (χ0) is 14.8. The number of hydrogen-bond acceptors (Lipinski definition) is 1. The first-order valence-electron chi connectivity index (χ1n) is 6.93. The Bertz CT molecular complexity index is 726. The van der Waals surface area contributed by atoms with Gasteiger partial charge in [0.25, 0.3) is 0 Å². The minimum Gasteiger partial charge on any atom is -0.482 e. The Morgan fingerprint density at radius 3 is 2.45 bits per heavy atom. The summed E-state index contributed by atoms with van der Waals surface area (Å²) in [4.78, 5) is 0. The average Bonchev–Trinajstić information content (AvgIpc) is 2.84. The van der Waals surface area contributed by atoms with Gasteiger partial charge in [0.1, 0.15) is 5.71 Å². The lowest BCUT2D eigenvalue weighted by Gasteiger charge is -2.37. The SMILES string of the molecule is CO[B-]1(F)n2c(C)cc(C)c2C(C)=C2C(C)=CC(C)=[N+]21. The summed E-state index contributed by atoms with van der Waals surface area (Å²) >= 11 is 0. The smallest absolute Gasteiger partial charge is 0.482 e. The number of rotatable bonds is 1. The number of aryl methyl sites for hydroxylation is 2. The largest absolute Gasteiger partial charge is 0.701 e. The molecular weight excluding hydrogens is 254 g/mol. The van der Waals surface area contributed by atoms with Crippen molar-refractivity contribution in [2.45, 2.75) is 34.6 Å². The molecule has 5 heteroatoms. The fourth-order valence-electron chi connectivity index (χ4n) is 3.85. The zero-order valence-electron chi connectivity index (χ0n) is 12.9. The number of halogens is 1. The topological polar surface area (TPSA) is 17.2 Å². The monoisotopic (exact) mass is 274 g/mol. The Kier molecular flexibility index (Phi) is 2.64. The lowest BCUT2D eigenvalue weighted by molar-refractivity contribution is -0.373. The van der Waals surface area contributed by atoms with Crippen LogP contribution in [0.4, 0.5) is 4.32 Å². The first-order valence-corrected chi connectivity index (χ1v) is 6.93. The van der Waals surface area contributed by atoms with E-state index in [4.69, 9.17) is 4.65 Å². The van der Waals surface area contributed by atoms with Crippen molar-refractivity contribution in [2.24, 2.45) is 0 Å². The van der Waals surface area contributed by atoms with Crippen LogP contribution >= 0.6 is 0 Å². The normalized spacial score (nSPS) is 25.1. The van der Waals surface area contributed by atoms with Crippen LogP contribution in [0.2, 0.25) is 0 Å². The highest BCUT2D eigenvalue weighted by atomic mass is 19.1. The summed E-state index contributed by atoms with van der Waals surface area (Å²) in [5.41, 5.74) is 6.95. The van der Waals surface area contributed by atoms with Gasteiger partial charge in [0.05, 0.1) is 0 Å². The van der Waals surface area contributed by atoms with E-state index in [1.54, 1.807) is 8.96 Å². The maximum atomic E-state index is 15.8. The van der Waals surface area contributed by atoms with E-state index in [0.29, 0.717) is 0 Å². The van der Waals surface area contributed by atoms with Crippen molar-refractivity contribution in [3.8, 4) is 0 Å². The molecule has 3 rings (SSSR count). The van der Waals surface area contributed by atoms with E-state index < -0.39 is 6.90 Å². The molecule has 0 spiro atoms. The number of fused-ring (bicyclic) bond motifs is 2. The Hall–Kier alpha value is -1.62. The molecule has 1 aromatic heterocycles. The fourth-order valence-corrected chi connectivity index (χ4v) is 3.85. The zero-order valence-corrected chi connectivity index (χ0v) is 12.9. The molecule has 2 aliphatic heterocycles. The Morgan fingerprint density at radius 2 is 1.85 bits per heavy atom. The van der Waals surface area contributed by atoms with Gasteiger partial charge in [-0.1, -0.05) is 0 Å². The molecule has 0 N–H and O–H groups in total. The third-order valence-corrected chi connectivity index (χ3v) is 4.49. The fraction of sp³-hybridized carbons (Fsp3) is 0.400. The molecule has 0 amide bonds. The van der Waals surface area contributed by atoms with Crippen LogP contribution in [-0.4, -0.2) is 28.7 Å². The molecule has 1 unspecified atom stereocenters. The molecule has 20 heavy (non-hydrogen) atoms. The van der Waals surface area contributed by atoms with Gasteiger partial charge in [-0.15, -0.1) is 0 Å². The van der Waals surface area contributed by atoms with Gasteiger partial charge in [-0.05, 0) is 52.1 Å². The summed E-state index contributed by atoms with van der Waals surface area (Å²) in [5.74, 6) is 0. The number of aromatic nitrogens is 1. The molecular formula is C15H20BFN2O. The average molecular weight is 274 g/mol. The molecule has 0 aliphatic carbocycles. The van der Waals surface area contributed by atoms with E-state index in [0.717, 1.165) is 39.5 Å². The van der Waals surface area contributed by atoms with Crippen LogP contribution in [0, 0.1) is 13.8 Å². The van der Waals surface area contributed by atoms with E-state index in [1.807, 2.05) is 39.8 Å². The standard InChI is InChI=1S/C15H20BFN2O/c1-9-7-11(3)18-14(9)13(5)15-10(2)8-12(4)19(15)16(18,17)20-6/h7-8H,1-6H3. The van der Waals surface area contributed by atoms with E-state index in [1.165, 1.54) is 7.11 Å². The van der Waals surface area contributed by atoms with Gasteiger partial charge in [0, 0.05) is 29.8 Å². The first-order chi connectivity index (χ1) is 9.32. The van der Waals surface area contributed by atoms with Crippen molar-refractivity contribution in [3.05, 3.63) is 40.4 Å². The van der Waals surface area contributed by atoms with E-state index >= 15 is 4.32 Å². The maximum absolute atomic E-state index is 15.8. The Morgan fingerprint density at radius 1 is 1.20 bits per heavy atom. The second kappa shape index (κ2) is 3.95. The van der Waals surface area contributed by atoms with Crippen molar-refractivity contribution in [1.29, 1.82) is 0 Å². The summed E-state index contributed by atoms with van der Waals surface area (Å²) in [6.07, 6.45) is 2.02. The van der Waals surface area contributed by atoms with E-state index in [-0.39, 0.29) is 0 Å². The third kappa shape index (κ3) is 1.36. The molecule has 1 aromatic rings. The quantitative estimate of drug-likeness (QED) is 0.719. The summed E-state index contributed by atoms with van der Waals surface area (Å²) in [6, 6.07) is 2.02. The van der Waals surface area contributed by atoms with Gasteiger partial charge in [0.15, 0.2) is 5.70 Å².